The zero-order chi connectivity index (χ0) is 16.1. The SMILES string of the molecule is O=C(NN1CSC(=S)N(Cc2ccccc2)C1)c1ccncc1. The van der Waals surface area contributed by atoms with E-state index in [9.17, 15) is 4.79 Å². The molecule has 0 aliphatic carbocycles. The van der Waals surface area contributed by atoms with Gasteiger partial charge < -0.3 is 4.90 Å². The highest BCUT2D eigenvalue weighted by Crippen LogP contribution is 2.19. The molecule has 1 N–H and O–H groups in total. The molecule has 2 aromatic rings. The molecule has 1 aromatic heterocycles. The standard InChI is InChI=1S/C16H16N4OS2/c21-15(14-6-8-17-9-7-14)18-20-11-19(16(22)23-12-20)10-13-4-2-1-3-5-13/h1-9H,10-12H2,(H,18,21). The fraction of sp³-hybridized carbons (Fsp3) is 0.188. The Morgan fingerprint density at radius 1 is 1.22 bits per heavy atom. The second-order valence-electron chi connectivity index (χ2n) is 5.08. The first kappa shape index (κ1) is 15.9. The summed E-state index contributed by atoms with van der Waals surface area (Å²) in [6.07, 6.45) is 3.22. The van der Waals surface area contributed by atoms with Gasteiger partial charge in [-0.2, -0.15) is 5.01 Å². The molecule has 0 atom stereocenters. The topological polar surface area (TPSA) is 48.5 Å². The molecule has 1 amide bonds. The lowest BCUT2D eigenvalue weighted by Gasteiger charge is -2.36. The number of thiocarbonyl (C=S) groups is 1. The largest absolute Gasteiger partial charge is 0.338 e. The summed E-state index contributed by atoms with van der Waals surface area (Å²) in [6.45, 7) is 1.30. The van der Waals surface area contributed by atoms with Crippen molar-refractivity contribution < 1.29 is 4.79 Å². The summed E-state index contributed by atoms with van der Waals surface area (Å²) in [5, 5.41) is 1.87. The van der Waals surface area contributed by atoms with E-state index in [2.05, 4.69) is 27.4 Å². The minimum absolute atomic E-state index is 0.138. The summed E-state index contributed by atoms with van der Waals surface area (Å²) < 4.78 is 0.850. The average molecular weight is 344 g/mol. The minimum atomic E-state index is -0.138. The molecule has 0 radical (unpaired) electrons. The summed E-state index contributed by atoms with van der Waals surface area (Å²) in [5.74, 6) is 0.501. The van der Waals surface area contributed by atoms with Gasteiger partial charge in [-0.1, -0.05) is 54.3 Å². The van der Waals surface area contributed by atoms with Gasteiger partial charge in [0.2, 0.25) is 0 Å². The van der Waals surface area contributed by atoms with E-state index in [0.29, 0.717) is 18.1 Å². The molecule has 1 aliphatic rings. The van der Waals surface area contributed by atoms with Crippen molar-refractivity contribution in [1.82, 2.24) is 20.3 Å². The number of rotatable bonds is 4. The highest BCUT2D eigenvalue weighted by molar-refractivity contribution is 8.22. The third kappa shape index (κ3) is 4.28. The molecule has 118 valence electrons. The van der Waals surface area contributed by atoms with Gasteiger partial charge >= 0.3 is 0 Å². The van der Waals surface area contributed by atoms with Crippen molar-refractivity contribution in [1.29, 1.82) is 0 Å². The molecule has 5 nitrogen and oxygen atoms in total. The van der Waals surface area contributed by atoms with E-state index in [1.54, 1.807) is 36.3 Å². The van der Waals surface area contributed by atoms with Gasteiger partial charge in [-0.3, -0.25) is 15.2 Å². The molecule has 2 heterocycles. The number of hydrogen-bond acceptors (Lipinski definition) is 5. The van der Waals surface area contributed by atoms with E-state index >= 15 is 0 Å². The normalized spacial score (nSPS) is 15.5. The van der Waals surface area contributed by atoms with Crippen LogP contribution in [0.5, 0.6) is 0 Å². The number of hydrazine groups is 1. The van der Waals surface area contributed by atoms with Crippen LogP contribution in [0.2, 0.25) is 0 Å². The monoisotopic (exact) mass is 344 g/mol. The Balaban J connectivity index is 1.61. The van der Waals surface area contributed by atoms with Crippen molar-refractivity contribution in [2.45, 2.75) is 6.54 Å². The van der Waals surface area contributed by atoms with Crippen molar-refractivity contribution in [3.05, 3.63) is 66.0 Å². The zero-order valence-electron chi connectivity index (χ0n) is 12.4. The van der Waals surface area contributed by atoms with Gasteiger partial charge in [0.1, 0.15) is 4.32 Å². The van der Waals surface area contributed by atoms with Gasteiger partial charge in [0.05, 0.1) is 12.5 Å². The fourth-order valence-electron chi connectivity index (χ4n) is 2.23. The van der Waals surface area contributed by atoms with Gasteiger partial charge in [0.25, 0.3) is 5.91 Å². The molecule has 0 unspecified atom stereocenters. The first-order valence-electron chi connectivity index (χ1n) is 7.14. The third-order valence-corrected chi connectivity index (χ3v) is 4.92. The summed E-state index contributed by atoms with van der Waals surface area (Å²) in [5.41, 5.74) is 4.70. The van der Waals surface area contributed by atoms with Crippen LogP contribution in [0.25, 0.3) is 0 Å². The highest BCUT2D eigenvalue weighted by Gasteiger charge is 2.23. The number of benzene rings is 1. The third-order valence-electron chi connectivity index (χ3n) is 3.36. The number of hydrogen-bond donors (Lipinski definition) is 1. The Morgan fingerprint density at radius 3 is 2.70 bits per heavy atom. The lowest BCUT2D eigenvalue weighted by Crippen LogP contribution is -2.52. The van der Waals surface area contributed by atoms with Gasteiger partial charge in [-0.05, 0) is 17.7 Å². The van der Waals surface area contributed by atoms with Crippen LogP contribution < -0.4 is 5.43 Å². The summed E-state index contributed by atoms with van der Waals surface area (Å²) in [7, 11) is 0. The number of pyridine rings is 1. The average Bonchev–Trinajstić information content (AvgIpc) is 2.59. The lowest BCUT2D eigenvalue weighted by atomic mass is 10.2. The van der Waals surface area contributed by atoms with E-state index in [-0.39, 0.29) is 5.91 Å². The quantitative estimate of drug-likeness (QED) is 0.860. The van der Waals surface area contributed by atoms with Crippen molar-refractivity contribution >= 4 is 34.2 Å². The molecule has 1 aromatic carbocycles. The highest BCUT2D eigenvalue weighted by atomic mass is 32.2. The maximum Gasteiger partial charge on any atom is 0.265 e. The maximum absolute atomic E-state index is 12.2. The second-order valence-corrected chi connectivity index (χ2v) is 6.66. The van der Waals surface area contributed by atoms with Gasteiger partial charge in [-0.15, -0.1) is 0 Å². The lowest BCUT2D eigenvalue weighted by molar-refractivity contribution is 0.0746. The fourth-order valence-corrected chi connectivity index (χ4v) is 3.22. The smallest absolute Gasteiger partial charge is 0.265 e. The van der Waals surface area contributed by atoms with Crippen LogP contribution in [0.1, 0.15) is 15.9 Å². The first-order valence-corrected chi connectivity index (χ1v) is 8.53. The summed E-state index contributed by atoms with van der Waals surface area (Å²) in [6, 6.07) is 13.5. The Morgan fingerprint density at radius 2 is 1.96 bits per heavy atom. The van der Waals surface area contributed by atoms with Crippen LogP contribution in [-0.4, -0.2) is 37.7 Å². The molecule has 0 bridgehead atoms. The van der Waals surface area contributed by atoms with Gasteiger partial charge in [-0.25, -0.2) is 0 Å². The number of thioether (sulfide) groups is 1. The van der Waals surface area contributed by atoms with E-state index < -0.39 is 0 Å². The number of amides is 1. The number of carbonyl (C=O) groups is 1. The molecule has 7 heteroatoms. The Labute approximate surface area is 144 Å². The second kappa shape index (κ2) is 7.54. The first-order chi connectivity index (χ1) is 11.2. The van der Waals surface area contributed by atoms with E-state index in [1.807, 2.05) is 23.2 Å². The van der Waals surface area contributed by atoms with Crippen LogP contribution in [0.4, 0.5) is 0 Å². The molecule has 0 spiro atoms. The summed E-state index contributed by atoms with van der Waals surface area (Å²) >= 11 is 6.97. The van der Waals surface area contributed by atoms with Crippen LogP contribution in [0.3, 0.4) is 0 Å². The van der Waals surface area contributed by atoms with Crippen molar-refractivity contribution in [2.75, 3.05) is 12.5 Å². The summed E-state index contributed by atoms with van der Waals surface area (Å²) in [4.78, 5) is 18.2. The van der Waals surface area contributed by atoms with Crippen molar-refractivity contribution in [2.24, 2.45) is 0 Å². The van der Waals surface area contributed by atoms with Crippen molar-refractivity contribution in [3.8, 4) is 0 Å². The van der Waals surface area contributed by atoms with Crippen molar-refractivity contribution in [3.63, 3.8) is 0 Å². The Kier molecular flexibility index (Phi) is 5.22. The number of aromatic nitrogens is 1. The Bertz CT molecular complexity index is 681. The predicted molar refractivity (Wildman–Crippen MR) is 95.5 cm³/mol. The number of carbonyl (C=O) groups excluding carboxylic acids is 1. The molecule has 1 aliphatic heterocycles. The van der Waals surface area contributed by atoms with Gasteiger partial charge in [0.15, 0.2) is 0 Å². The maximum atomic E-state index is 12.2. The Hall–Kier alpha value is -1.96. The number of nitrogens with zero attached hydrogens (tertiary/aromatic N) is 3. The molecule has 1 saturated heterocycles. The number of nitrogens with one attached hydrogen (secondary N) is 1. The van der Waals surface area contributed by atoms with Crippen LogP contribution >= 0.6 is 24.0 Å². The minimum Gasteiger partial charge on any atom is -0.338 e. The zero-order valence-corrected chi connectivity index (χ0v) is 14.0. The van der Waals surface area contributed by atoms with Gasteiger partial charge in [0, 0.05) is 24.5 Å². The molecule has 23 heavy (non-hydrogen) atoms. The predicted octanol–water partition coefficient (Wildman–Crippen LogP) is 2.48. The van der Waals surface area contributed by atoms with E-state index in [4.69, 9.17) is 12.2 Å². The van der Waals surface area contributed by atoms with Crippen LogP contribution in [0, 0.1) is 0 Å². The molecule has 1 fully saturated rings. The molecular formula is C16H16N4OS2. The van der Waals surface area contributed by atoms with E-state index in [0.717, 1.165) is 10.9 Å². The molecular weight excluding hydrogens is 328 g/mol. The van der Waals surface area contributed by atoms with Crippen LogP contribution in [0.15, 0.2) is 54.9 Å². The molecule has 3 rings (SSSR count). The van der Waals surface area contributed by atoms with E-state index in [1.165, 1.54) is 5.56 Å². The molecule has 0 saturated carbocycles. The van der Waals surface area contributed by atoms with Crippen LogP contribution in [-0.2, 0) is 6.54 Å².